The van der Waals surface area contributed by atoms with E-state index in [2.05, 4.69) is 6.92 Å². The highest BCUT2D eigenvalue weighted by molar-refractivity contribution is 5.95. The summed E-state index contributed by atoms with van der Waals surface area (Å²) < 4.78 is 27.8. The van der Waals surface area contributed by atoms with Gasteiger partial charge in [0.15, 0.2) is 0 Å². The first-order chi connectivity index (χ1) is 14.7. The number of carboxylic acids is 1. The molecule has 0 aliphatic heterocycles. The van der Waals surface area contributed by atoms with Crippen molar-refractivity contribution in [3.63, 3.8) is 0 Å². The summed E-state index contributed by atoms with van der Waals surface area (Å²) in [4.78, 5) is 26.2. The number of nitrogens with zero attached hydrogens (tertiary/aromatic N) is 2. The first kappa shape index (κ1) is 23.2. The third kappa shape index (κ3) is 4.60. The van der Waals surface area contributed by atoms with Crippen molar-refractivity contribution in [1.82, 2.24) is 4.57 Å². The van der Waals surface area contributed by atoms with Gasteiger partial charge in [0.1, 0.15) is 11.4 Å². The molecule has 2 atom stereocenters. The van der Waals surface area contributed by atoms with Crippen LogP contribution in [-0.4, -0.2) is 56.7 Å². The Balaban J connectivity index is 2.11. The first-order valence-electron chi connectivity index (χ1n) is 10.5. The molecular formula is C23H31FN2O5. The molecule has 1 N–H and O–H groups in total. The van der Waals surface area contributed by atoms with Crippen LogP contribution in [0, 0.1) is 24.6 Å². The van der Waals surface area contributed by atoms with Crippen LogP contribution < -0.4 is 10.3 Å². The number of halogens is 1. The molecule has 1 heterocycles. The number of rotatable bonds is 10. The summed E-state index contributed by atoms with van der Waals surface area (Å²) in [5.74, 6) is -1.51. The third-order valence-corrected chi connectivity index (χ3v) is 6.15. The van der Waals surface area contributed by atoms with Gasteiger partial charge in [-0.05, 0) is 37.3 Å². The lowest BCUT2D eigenvalue weighted by molar-refractivity contribution is 0.0695. The maximum atomic E-state index is 15.3. The quantitative estimate of drug-likeness (QED) is 0.617. The number of ether oxygens (including phenoxy) is 2. The SMILES string of the molecule is COC[C@H](CN(C)c1c(F)cc2c(=O)c(C(=O)O)cn(C3CC3)c2c1C)[C@H](C)COC. The highest BCUT2D eigenvalue weighted by Crippen LogP contribution is 2.40. The Morgan fingerprint density at radius 3 is 2.52 bits per heavy atom. The van der Waals surface area contributed by atoms with Gasteiger partial charge in [-0.25, -0.2) is 9.18 Å². The minimum atomic E-state index is -1.30. The smallest absolute Gasteiger partial charge is 0.341 e. The highest BCUT2D eigenvalue weighted by atomic mass is 19.1. The number of hydrogen-bond donors (Lipinski definition) is 1. The van der Waals surface area contributed by atoms with Crippen LogP contribution in [0.25, 0.3) is 10.9 Å². The van der Waals surface area contributed by atoms with Crippen molar-refractivity contribution >= 4 is 22.6 Å². The topological polar surface area (TPSA) is 81.0 Å². The van der Waals surface area contributed by atoms with E-state index in [-0.39, 0.29) is 28.8 Å². The molecular weight excluding hydrogens is 403 g/mol. The number of fused-ring (bicyclic) bond motifs is 1. The van der Waals surface area contributed by atoms with Gasteiger partial charge in [0, 0.05) is 58.0 Å². The van der Waals surface area contributed by atoms with E-state index in [4.69, 9.17) is 9.47 Å². The van der Waals surface area contributed by atoms with Crippen molar-refractivity contribution in [2.75, 3.05) is 45.9 Å². The number of aryl methyl sites for hydroxylation is 1. The number of carboxylic acid groups (broad SMARTS) is 1. The van der Waals surface area contributed by atoms with Gasteiger partial charge in [0.2, 0.25) is 5.43 Å². The molecule has 8 heteroatoms. The second-order valence-electron chi connectivity index (χ2n) is 8.57. The second kappa shape index (κ2) is 9.36. The minimum absolute atomic E-state index is 0.111. The average Bonchev–Trinajstić information content (AvgIpc) is 3.53. The van der Waals surface area contributed by atoms with Crippen molar-refractivity contribution in [3.05, 3.63) is 39.4 Å². The van der Waals surface area contributed by atoms with Gasteiger partial charge in [-0.3, -0.25) is 4.79 Å². The molecule has 0 saturated heterocycles. The van der Waals surface area contributed by atoms with Gasteiger partial charge >= 0.3 is 5.97 Å². The van der Waals surface area contributed by atoms with Crippen molar-refractivity contribution in [2.45, 2.75) is 32.7 Å². The molecule has 1 saturated carbocycles. The van der Waals surface area contributed by atoms with E-state index in [1.165, 1.54) is 12.3 Å². The Hall–Kier alpha value is -2.45. The number of aromatic nitrogens is 1. The molecule has 170 valence electrons. The van der Waals surface area contributed by atoms with Gasteiger partial charge in [0.25, 0.3) is 0 Å². The van der Waals surface area contributed by atoms with Gasteiger partial charge < -0.3 is 24.0 Å². The van der Waals surface area contributed by atoms with Crippen LogP contribution in [0.3, 0.4) is 0 Å². The number of carbonyl (C=O) groups is 1. The Morgan fingerprint density at radius 2 is 1.97 bits per heavy atom. The van der Waals surface area contributed by atoms with Gasteiger partial charge in [-0.2, -0.15) is 0 Å². The van der Waals surface area contributed by atoms with E-state index >= 15 is 4.39 Å². The van der Waals surface area contributed by atoms with E-state index in [1.54, 1.807) is 21.1 Å². The van der Waals surface area contributed by atoms with Crippen molar-refractivity contribution in [1.29, 1.82) is 0 Å². The Kier molecular flexibility index (Phi) is 7.01. The molecule has 1 fully saturated rings. The Labute approximate surface area is 181 Å². The molecule has 1 aromatic heterocycles. The van der Waals surface area contributed by atoms with Gasteiger partial charge in [0.05, 0.1) is 17.8 Å². The average molecular weight is 435 g/mol. The molecule has 2 aromatic rings. The number of benzene rings is 1. The first-order valence-corrected chi connectivity index (χ1v) is 10.5. The zero-order valence-electron chi connectivity index (χ0n) is 18.8. The van der Waals surface area contributed by atoms with Gasteiger partial charge in [-0.1, -0.05) is 6.92 Å². The predicted molar refractivity (Wildman–Crippen MR) is 118 cm³/mol. The summed E-state index contributed by atoms with van der Waals surface area (Å²) >= 11 is 0. The van der Waals surface area contributed by atoms with Crippen LogP contribution >= 0.6 is 0 Å². The zero-order valence-corrected chi connectivity index (χ0v) is 18.8. The van der Waals surface area contributed by atoms with Crippen molar-refractivity contribution < 1.29 is 23.8 Å². The van der Waals surface area contributed by atoms with Crippen molar-refractivity contribution in [3.8, 4) is 0 Å². The van der Waals surface area contributed by atoms with E-state index in [0.29, 0.717) is 36.5 Å². The summed E-state index contributed by atoms with van der Waals surface area (Å²) in [5, 5.41) is 9.55. The predicted octanol–water partition coefficient (Wildman–Crippen LogP) is 3.46. The highest BCUT2D eigenvalue weighted by Gasteiger charge is 2.30. The fourth-order valence-electron chi connectivity index (χ4n) is 4.38. The lowest BCUT2D eigenvalue weighted by Gasteiger charge is -2.31. The van der Waals surface area contributed by atoms with Crippen LogP contribution in [-0.2, 0) is 9.47 Å². The summed E-state index contributed by atoms with van der Waals surface area (Å²) in [6.45, 7) is 5.49. The number of hydrogen-bond acceptors (Lipinski definition) is 5. The molecule has 0 amide bonds. The lowest BCUT2D eigenvalue weighted by Crippen LogP contribution is -2.34. The largest absolute Gasteiger partial charge is 0.477 e. The maximum Gasteiger partial charge on any atom is 0.341 e. The molecule has 0 spiro atoms. The van der Waals surface area contributed by atoms with Crippen molar-refractivity contribution in [2.24, 2.45) is 11.8 Å². The molecule has 7 nitrogen and oxygen atoms in total. The zero-order chi connectivity index (χ0) is 22.9. The van der Waals surface area contributed by atoms with Crippen LogP contribution in [0.1, 0.15) is 41.7 Å². The van der Waals surface area contributed by atoms with Crippen LogP contribution in [0.5, 0.6) is 0 Å². The van der Waals surface area contributed by atoms with E-state index in [1.807, 2.05) is 16.5 Å². The van der Waals surface area contributed by atoms with Gasteiger partial charge in [-0.15, -0.1) is 0 Å². The number of anilines is 1. The number of methoxy groups -OCH3 is 2. The number of pyridine rings is 1. The minimum Gasteiger partial charge on any atom is -0.477 e. The molecule has 3 rings (SSSR count). The Morgan fingerprint density at radius 1 is 1.32 bits per heavy atom. The fraction of sp³-hybridized carbons (Fsp3) is 0.565. The maximum absolute atomic E-state index is 15.3. The van der Waals surface area contributed by atoms with E-state index < -0.39 is 17.2 Å². The normalized spacial score (nSPS) is 15.8. The molecule has 1 aromatic carbocycles. The summed E-state index contributed by atoms with van der Waals surface area (Å²) in [6.07, 6.45) is 3.22. The number of aromatic carboxylic acids is 1. The lowest BCUT2D eigenvalue weighted by atomic mass is 9.94. The molecule has 0 radical (unpaired) electrons. The van der Waals surface area contributed by atoms with Crippen LogP contribution in [0.2, 0.25) is 0 Å². The second-order valence-corrected chi connectivity index (χ2v) is 8.57. The fourth-order valence-corrected chi connectivity index (χ4v) is 4.38. The van der Waals surface area contributed by atoms with Crippen LogP contribution in [0.15, 0.2) is 17.1 Å². The summed E-state index contributed by atoms with van der Waals surface area (Å²) in [7, 11) is 5.12. The summed E-state index contributed by atoms with van der Waals surface area (Å²) in [5.41, 5.74) is 0.674. The Bertz CT molecular complexity index is 1030. The van der Waals surface area contributed by atoms with E-state index in [0.717, 1.165) is 12.8 Å². The summed E-state index contributed by atoms with van der Waals surface area (Å²) in [6, 6.07) is 1.32. The molecule has 0 bridgehead atoms. The molecule has 0 unspecified atom stereocenters. The third-order valence-electron chi connectivity index (χ3n) is 6.15. The monoisotopic (exact) mass is 434 g/mol. The molecule has 1 aliphatic carbocycles. The van der Waals surface area contributed by atoms with Crippen LogP contribution in [0.4, 0.5) is 10.1 Å². The van der Waals surface area contributed by atoms with E-state index in [9.17, 15) is 14.7 Å². The molecule has 31 heavy (non-hydrogen) atoms. The standard InChI is InChI=1S/C23H31FN2O5/c1-13(11-30-4)15(12-31-5)9-25(3)21-14(2)20-17(8-19(21)24)22(27)18(23(28)29)10-26(20)16-6-7-16/h8,10,13,15-16H,6-7,9,11-12H2,1-5H3,(H,28,29)/t13-,15+/m1/s1. The molecule has 1 aliphatic rings.